The third-order valence-electron chi connectivity index (χ3n) is 5.69. The lowest BCUT2D eigenvalue weighted by Crippen LogP contribution is -2.14. The molecule has 2 aromatic heterocycles. The topological polar surface area (TPSA) is 95.8 Å². The van der Waals surface area contributed by atoms with E-state index >= 15 is 0 Å². The normalized spacial score (nSPS) is 11.8. The Bertz CT molecular complexity index is 1560. The van der Waals surface area contributed by atoms with E-state index in [1.807, 2.05) is 24.3 Å². The number of aromatic amines is 1. The summed E-state index contributed by atoms with van der Waals surface area (Å²) in [7, 11) is 0. The van der Waals surface area contributed by atoms with Gasteiger partial charge in [-0.2, -0.15) is 0 Å². The average molecular weight is 508 g/mol. The van der Waals surface area contributed by atoms with Gasteiger partial charge in [0.25, 0.3) is 5.91 Å². The highest BCUT2D eigenvalue weighted by Gasteiger charge is 2.21. The molecule has 0 fully saturated rings. The van der Waals surface area contributed by atoms with Crippen molar-refractivity contribution in [2.24, 2.45) is 0 Å². The van der Waals surface area contributed by atoms with Gasteiger partial charge < -0.3 is 20.0 Å². The van der Waals surface area contributed by atoms with Gasteiger partial charge >= 0.3 is 0 Å². The van der Waals surface area contributed by atoms with Crippen LogP contribution in [0.25, 0.3) is 22.1 Å². The minimum Gasteiger partial charge on any atom is -0.440 e. The SMILES string of the molecule is Cc1nc2c(o1)c(C(=O)Nc1ccc(C(C)(C)C)cc1)cc1nc(Nc3c(Cl)cccc3Cl)[nH]c12. The molecule has 0 unspecified atom stereocenters. The second-order valence-electron chi connectivity index (χ2n) is 9.32. The molecule has 0 aliphatic rings. The van der Waals surface area contributed by atoms with Crippen molar-refractivity contribution in [3.05, 3.63) is 75.6 Å². The van der Waals surface area contributed by atoms with Crippen LogP contribution in [-0.2, 0) is 5.41 Å². The number of nitrogens with zero attached hydrogens (tertiary/aromatic N) is 2. The number of amides is 1. The fraction of sp³-hybridized carbons (Fsp3) is 0.192. The van der Waals surface area contributed by atoms with Crippen molar-refractivity contribution in [2.75, 3.05) is 10.6 Å². The number of halogens is 2. The molecule has 3 N–H and O–H groups in total. The minimum atomic E-state index is -0.316. The van der Waals surface area contributed by atoms with Crippen LogP contribution in [0.1, 0.15) is 42.6 Å². The lowest BCUT2D eigenvalue weighted by atomic mass is 9.87. The standard InChI is InChI=1S/C26H23Cl2N5O2/c1-13-29-22-21-19(31-25(33-21)32-20-17(27)6-5-7-18(20)28)12-16(23(22)35-13)24(34)30-15-10-8-14(9-11-15)26(2,3)4/h5-12H,1-4H3,(H,30,34)(H2,31,32,33). The van der Waals surface area contributed by atoms with Gasteiger partial charge in [-0.05, 0) is 41.3 Å². The molecule has 35 heavy (non-hydrogen) atoms. The number of nitrogens with one attached hydrogen (secondary N) is 3. The summed E-state index contributed by atoms with van der Waals surface area (Å²) < 4.78 is 5.81. The highest BCUT2D eigenvalue weighted by atomic mass is 35.5. The van der Waals surface area contributed by atoms with Crippen LogP contribution in [0.4, 0.5) is 17.3 Å². The number of para-hydroxylation sites is 1. The monoisotopic (exact) mass is 507 g/mol. The fourth-order valence-corrected chi connectivity index (χ4v) is 4.36. The van der Waals surface area contributed by atoms with Crippen LogP contribution in [0.15, 0.2) is 52.9 Å². The molecule has 0 radical (unpaired) electrons. The van der Waals surface area contributed by atoms with Gasteiger partial charge in [-0.3, -0.25) is 4.79 Å². The van der Waals surface area contributed by atoms with Gasteiger partial charge in [-0.1, -0.05) is 62.2 Å². The summed E-state index contributed by atoms with van der Waals surface area (Å²) in [5, 5.41) is 6.98. The number of hydrogen-bond donors (Lipinski definition) is 3. The second-order valence-corrected chi connectivity index (χ2v) is 10.1. The van der Waals surface area contributed by atoms with Gasteiger partial charge in [0.2, 0.25) is 5.95 Å². The molecule has 0 saturated carbocycles. The molecule has 7 nitrogen and oxygen atoms in total. The maximum atomic E-state index is 13.3. The average Bonchev–Trinajstić information content (AvgIpc) is 3.38. The zero-order valence-electron chi connectivity index (χ0n) is 19.6. The van der Waals surface area contributed by atoms with Gasteiger partial charge in [0.05, 0.1) is 32.3 Å². The van der Waals surface area contributed by atoms with Crippen LogP contribution in [0.2, 0.25) is 10.0 Å². The summed E-state index contributed by atoms with van der Waals surface area (Å²) in [6.45, 7) is 8.17. The molecule has 0 spiro atoms. The van der Waals surface area contributed by atoms with E-state index in [2.05, 4.69) is 46.4 Å². The lowest BCUT2D eigenvalue weighted by molar-refractivity contribution is 0.102. The lowest BCUT2D eigenvalue weighted by Gasteiger charge is -2.19. The van der Waals surface area contributed by atoms with Crippen LogP contribution in [-0.4, -0.2) is 20.9 Å². The van der Waals surface area contributed by atoms with E-state index < -0.39 is 0 Å². The first-order valence-corrected chi connectivity index (χ1v) is 11.8. The molecule has 0 aliphatic carbocycles. The molecule has 178 valence electrons. The summed E-state index contributed by atoms with van der Waals surface area (Å²) in [5.74, 6) is 0.532. The first kappa shape index (κ1) is 23.2. The number of carbonyl (C=O) groups excluding carboxylic acids is 1. The van der Waals surface area contributed by atoms with E-state index in [0.717, 1.165) is 0 Å². The van der Waals surface area contributed by atoms with Gasteiger partial charge in [-0.25, -0.2) is 9.97 Å². The molecule has 1 amide bonds. The predicted octanol–water partition coefficient (Wildman–Crippen LogP) is 7.61. The Balaban J connectivity index is 1.52. The highest BCUT2D eigenvalue weighted by molar-refractivity contribution is 6.39. The van der Waals surface area contributed by atoms with E-state index in [-0.39, 0.29) is 11.3 Å². The van der Waals surface area contributed by atoms with Gasteiger partial charge in [0.15, 0.2) is 11.5 Å². The Kier molecular flexibility index (Phi) is 5.69. The van der Waals surface area contributed by atoms with E-state index in [1.165, 1.54) is 5.56 Å². The molecule has 5 aromatic rings. The Labute approximate surface area is 211 Å². The smallest absolute Gasteiger partial charge is 0.259 e. The van der Waals surface area contributed by atoms with E-state index in [4.69, 9.17) is 27.6 Å². The van der Waals surface area contributed by atoms with Gasteiger partial charge in [0, 0.05) is 12.6 Å². The van der Waals surface area contributed by atoms with Crippen LogP contribution in [0.3, 0.4) is 0 Å². The molecule has 0 atom stereocenters. The van der Waals surface area contributed by atoms with Crippen LogP contribution >= 0.6 is 23.2 Å². The maximum absolute atomic E-state index is 13.3. The number of aromatic nitrogens is 3. The number of carbonyl (C=O) groups is 1. The molecule has 0 bridgehead atoms. The molecule has 0 saturated heterocycles. The van der Waals surface area contributed by atoms with Crippen molar-refractivity contribution >= 4 is 68.6 Å². The van der Waals surface area contributed by atoms with Crippen LogP contribution in [0, 0.1) is 6.92 Å². The third kappa shape index (κ3) is 4.45. The van der Waals surface area contributed by atoms with Crippen molar-refractivity contribution < 1.29 is 9.21 Å². The number of fused-ring (bicyclic) bond motifs is 3. The number of rotatable bonds is 4. The van der Waals surface area contributed by atoms with Crippen molar-refractivity contribution in [1.82, 2.24) is 15.0 Å². The molecular weight excluding hydrogens is 485 g/mol. The Morgan fingerprint density at radius 1 is 1.03 bits per heavy atom. The van der Waals surface area contributed by atoms with Crippen LogP contribution < -0.4 is 10.6 Å². The summed E-state index contributed by atoms with van der Waals surface area (Å²) in [6, 6.07) is 14.7. The molecule has 0 aliphatic heterocycles. The zero-order valence-corrected chi connectivity index (χ0v) is 21.1. The predicted molar refractivity (Wildman–Crippen MR) is 141 cm³/mol. The van der Waals surface area contributed by atoms with E-state index in [9.17, 15) is 4.79 Å². The summed E-state index contributed by atoms with van der Waals surface area (Å²) in [4.78, 5) is 25.5. The number of benzene rings is 3. The van der Waals surface area contributed by atoms with Crippen molar-refractivity contribution in [3.63, 3.8) is 0 Å². The number of imidazole rings is 1. The molecular formula is C26H23Cl2N5O2. The maximum Gasteiger partial charge on any atom is 0.259 e. The number of aryl methyl sites for hydroxylation is 1. The van der Waals surface area contributed by atoms with Gasteiger partial charge in [-0.15, -0.1) is 0 Å². The summed E-state index contributed by atoms with van der Waals surface area (Å²) >= 11 is 12.6. The number of H-pyrrole nitrogens is 1. The first-order chi connectivity index (χ1) is 16.6. The van der Waals surface area contributed by atoms with E-state index in [1.54, 1.807) is 31.2 Å². The van der Waals surface area contributed by atoms with Gasteiger partial charge in [0.1, 0.15) is 5.52 Å². The number of oxazole rings is 1. The quantitative estimate of drug-likeness (QED) is 0.232. The van der Waals surface area contributed by atoms with E-state index in [0.29, 0.717) is 61.0 Å². The Hall–Kier alpha value is -3.55. The Morgan fingerprint density at radius 3 is 2.37 bits per heavy atom. The van der Waals surface area contributed by atoms with Crippen LogP contribution in [0.5, 0.6) is 0 Å². The van der Waals surface area contributed by atoms with Crippen molar-refractivity contribution in [3.8, 4) is 0 Å². The number of anilines is 3. The van der Waals surface area contributed by atoms with Crippen molar-refractivity contribution in [1.29, 1.82) is 0 Å². The molecule has 9 heteroatoms. The minimum absolute atomic E-state index is 0.0248. The zero-order chi connectivity index (χ0) is 24.9. The Morgan fingerprint density at radius 2 is 1.71 bits per heavy atom. The molecule has 2 heterocycles. The first-order valence-electron chi connectivity index (χ1n) is 11.0. The highest BCUT2D eigenvalue weighted by Crippen LogP contribution is 2.34. The fourth-order valence-electron chi connectivity index (χ4n) is 3.87. The summed E-state index contributed by atoms with van der Waals surface area (Å²) in [6.07, 6.45) is 0. The summed E-state index contributed by atoms with van der Waals surface area (Å²) in [5.41, 5.74) is 4.82. The second kappa shape index (κ2) is 8.59. The third-order valence-corrected chi connectivity index (χ3v) is 6.32. The number of hydrogen-bond acceptors (Lipinski definition) is 5. The molecule has 3 aromatic carbocycles. The van der Waals surface area contributed by atoms with Crippen molar-refractivity contribution in [2.45, 2.75) is 33.1 Å². The largest absolute Gasteiger partial charge is 0.440 e. The molecule has 5 rings (SSSR count).